The molecule has 0 radical (unpaired) electrons. The van der Waals surface area contributed by atoms with Crippen LogP contribution >= 0.6 is 0 Å². The number of carboxylic acid groups (broad SMARTS) is 1. The minimum absolute atomic E-state index is 0.252. The van der Waals surface area contributed by atoms with Gasteiger partial charge in [0, 0.05) is 11.7 Å². The van der Waals surface area contributed by atoms with E-state index in [9.17, 15) is 9.18 Å². The standard InChI is InChI=1S/C13H18FNO2/c1-3-4-5-9(2)15-10-6-7-12(14)11(8-10)13(16)17/h6-9,15H,3-5H2,1-2H3,(H,16,17). The van der Waals surface area contributed by atoms with Crippen molar-refractivity contribution in [3.8, 4) is 0 Å². The molecule has 1 atom stereocenters. The summed E-state index contributed by atoms with van der Waals surface area (Å²) in [5.74, 6) is -1.95. The number of aromatic carboxylic acids is 1. The molecule has 0 aliphatic carbocycles. The summed E-state index contributed by atoms with van der Waals surface area (Å²) in [6.07, 6.45) is 3.24. The van der Waals surface area contributed by atoms with Crippen LogP contribution in [0.1, 0.15) is 43.5 Å². The molecule has 0 heterocycles. The topological polar surface area (TPSA) is 49.3 Å². The zero-order valence-corrected chi connectivity index (χ0v) is 10.2. The molecular weight excluding hydrogens is 221 g/mol. The van der Waals surface area contributed by atoms with Crippen molar-refractivity contribution in [1.29, 1.82) is 0 Å². The predicted octanol–water partition coefficient (Wildman–Crippen LogP) is 3.51. The minimum atomic E-state index is -1.24. The maximum absolute atomic E-state index is 13.2. The first-order valence-electron chi connectivity index (χ1n) is 5.84. The largest absolute Gasteiger partial charge is 0.478 e. The van der Waals surface area contributed by atoms with Crippen LogP contribution in [-0.2, 0) is 0 Å². The zero-order valence-electron chi connectivity index (χ0n) is 10.2. The third-order valence-electron chi connectivity index (χ3n) is 2.60. The summed E-state index contributed by atoms with van der Waals surface area (Å²) >= 11 is 0. The fourth-order valence-corrected chi connectivity index (χ4v) is 1.65. The molecule has 1 aromatic carbocycles. The summed E-state index contributed by atoms with van der Waals surface area (Å²) in [5.41, 5.74) is 0.352. The molecule has 0 aliphatic rings. The van der Waals surface area contributed by atoms with Gasteiger partial charge in [0.25, 0.3) is 0 Å². The first-order valence-corrected chi connectivity index (χ1v) is 5.84. The Labute approximate surface area is 101 Å². The van der Waals surface area contributed by atoms with Crippen molar-refractivity contribution < 1.29 is 14.3 Å². The van der Waals surface area contributed by atoms with Gasteiger partial charge in [0.1, 0.15) is 5.82 Å². The van der Waals surface area contributed by atoms with Gasteiger partial charge in [-0.3, -0.25) is 0 Å². The average Bonchev–Trinajstić information content (AvgIpc) is 2.28. The summed E-state index contributed by atoms with van der Waals surface area (Å²) in [4.78, 5) is 10.8. The quantitative estimate of drug-likeness (QED) is 0.798. The van der Waals surface area contributed by atoms with Gasteiger partial charge in [0.2, 0.25) is 0 Å². The zero-order chi connectivity index (χ0) is 12.8. The molecule has 4 heteroatoms. The third kappa shape index (κ3) is 4.06. The van der Waals surface area contributed by atoms with Crippen molar-refractivity contribution in [2.24, 2.45) is 0 Å². The van der Waals surface area contributed by atoms with Crippen molar-refractivity contribution in [2.75, 3.05) is 5.32 Å². The maximum Gasteiger partial charge on any atom is 0.338 e. The highest BCUT2D eigenvalue weighted by Crippen LogP contribution is 2.16. The van der Waals surface area contributed by atoms with E-state index in [0.717, 1.165) is 19.3 Å². The lowest BCUT2D eigenvalue weighted by Crippen LogP contribution is -2.15. The van der Waals surface area contributed by atoms with E-state index in [0.29, 0.717) is 5.69 Å². The Morgan fingerprint density at radius 1 is 1.53 bits per heavy atom. The molecule has 0 aromatic heterocycles. The number of benzene rings is 1. The Morgan fingerprint density at radius 3 is 2.82 bits per heavy atom. The van der Waals surface area contributed by atoms with Crippen LogP contribution in [0.5, 0.6) is 0 Å². The lowest BCUT2D eigenvalue weighted by molar-refractivity contribution is 0.0692. The lowest BCUT2D eigenvalue weighted by atomic mass is 10.1. The first-order chi connectivity index (χ1) is 8.04. The van der Waals surface area contributed by atoms with E-state index in [2.05, 4.69) is 12.2 Å². The van der Waals surface area contributed by atoms with Crippen molar-refractivity contribution in [2.45, 2.75) is 39.2 Å². The van der Waals surface area contributed by atoms with Gasteiger partial charge in [0.05, 0.1) is 5.56 Å². The number of hydrogen-bond donors (Lipinski definition) is 2. The molecule has 0 amide bonds. The molecule has 94 valence electrons. The van der Waals surface area contributed by atoms with Gasteiger partial charge in [0.15, 0.2) is 0 Å². The number of rotatable bonds is 6. The molecule has 1 unspecified atom stereocenters. The molecule has 0 aliphatic heterocycles. The summed E-state index contributed by atoms with van der Waals surface area (Å²) in [5, 5.41) is 12.0. The van der Waals surface area contributed by atoms with Crippen LogP contribution in [0, 0.1) is 5.82 Å². The Bertz CT molecular complexity index is 393. The second kappa shape index (κ2) is 6.23. The molecule has 3 nitrogen and oxygen atoms in total. The van der Waals surface area contributed by atoms with Gasteiger partial charge >= 0.3 is 5.97 Å². The van der Waals surface area contributed by atoms with Crippen molar-refractivity contribution in [3.05, 3.63) is 29.6 Å². The second-order valence-electron chi connectivity index (χ2n) is 4.19. The normalized spacial score (nSPS) is 12.2. The number of carboxylic acids is 1. The molecule has 0 spiro atoms. The van der Waals surface area contributed by atoms with Crippen LogP contribution in [-0.4, -0.2) is 17.1 Å². The lowest BCUT2D eigenvalue weighted by Gasteiger charge is -2.15. The van der Waals surface area contributed by atoms with Gasteiger partial charge in [-0.25, -0.2) is 9.18 Å². The first kappa shape index (κ1) is 13.5. The monoisotopic (exact) mass is 239 g/mol. The van der Waals surface area contributed by atoms with E-state index in [1.807, 2.05) is 6.92 Å². The van der Waals surface area contributed by atoms with Gasteiger partial charge in [-0.15, -0.1) is 0 Å². The number of hydrogen-bond acceptors (Lipinski definition) is 2. The molecule has 1 aromatic rings. The highest BCUT2D eigenvalue weighted by molar-refractivity contribution is 5.89. The van der Waals surface area contributed by atoms with Crippen LogP contribution in [0.2, 0.25) is 0 Å². The van der Waals surface area contributed by atoms with Crippen molar-refractivity contribution in [1.82, 2.24) is 0 Å². The summed E-state index contributed by atoms with van der Waals surface area (Å²) in [6, 6.07) is 4.32. The molecule has 0 saturated heterocycles. The molecule has 1 rings (SSSR count). The van der Waals surface area contributed by atoms with Crippen molar-refractivity contribution >= 4 is 11.7 Å². The number of unbranched alkanes of at least 4 members (excludes halogenated alkanes) is 1. The van der Waals surface area contributed by atoms with Gasteiger partial charge in [-0.1, -0.05) is 19.8 Å². The van der Waals surface area contributed by atoms with Crippen LogP contribution in [0.15, 0.2) is 18.2 Å². The third-order valence-corrected chi connectivity index (χ3v) is 2.60. The number of anilines is 1. The Morgan fingerprint density at radius 2 is 2.24 bits per heavy atom. The Balaban J connectivity index is 2.72. The van der Waals surface area contributed by atoms with E-state index in [1.54, 1.807) is 6.07 Å². The summed E-state index contributed by atoms with van der Waals surface area (Å²) < 4.78 is 13.2. The van der Waals surface area contributed by atoms with Crippen molar-refractivity contribution in [3.63, 3.8) is 0 Å². The molecule has 17 heavy (non-hydrogen) atoms. The molecule has 0 saturated carbocycles. The molecule has 0 fully saturated rings. The number of halogens is 1. The smallest absolute Gasteiger partial charge is 0.338 e. The van der Waals surface area contributed by atoms with E-state index < -0.39 is 11.8 Å². The van der Waals surface area contributed by atoms with Crippen LogP contribution in [0.25, 0.3) is 0 Å². The molecule has 0 bridgehead atoms. The van der Waals surface area contributed by atoms with Gasteiger partial charge in [-0.05, 0) is 31.5 Å². The highest BCUT2D eigenvalue weighted by Gasteiger charge is 2.11. The van der Waals surface area contributed by atoms with E-state index in [1.165, 1.54) is 12.1 Å². The number of nitrogens with one attached hydrogen (secondary N) is 1. The van der Waals surface area contributed by atoms with Gasteiger partial charge < -0.3 is 10.4 Å². The van der Waals surface area contributed by atoms with E-state index in [-0.39, 0.29) is 11.6 Å². The van der Waals surface area contributed by atoms with Crippen LogP contribution in [0.3, 0.4) is 0 Å². The second-order valence-corrected chi connectivity index (χ2v) is 4.19. The molecular formula is C13H18FNO2. The number of carbonyl (C=O) groups is 1. The van der Waals surface area contributed by atoms with E-state index >= 15 is 0 Å². The SMILES string of the molecule is CCCCC(C)Nc1ccc(F)c(C(=O)O)c1. The highest BCUT2D eigenvalue weighted by atomic mass is 19.1. The van der Waals surface area contributed by atoms with Crippen LogP contribution < -0.4 is 5.32 Å². The fourth-order valence-electron chi connectivity index (χ4n) is 1.65. The van der Waals surface area contributed by atoms with E-state index in [4.69, 9.17) is 5.11 Å². The summed E-state index contributed by atoms with van der Waals surface area (Å²) in [6.45, 7) is 4.15. The van der Waals surface area contributed by atoms with Gasteiger partial charge in [-0.2, -0.15) is 0 Å². The average molecular weight is 239 g/mol. The minimum Gasteiger partial charge on any atom is -0.478 e. The Hall–Kier alpha value is -1.58. The molecule has 2 N–H and O–H groups in total. The predicted molar refractivity (Wildman–Crippen MR) is 66.0 cm³/mol. The summed E-state index contributed by atoms with van der Waals surface area (Å²) in [7, 11) is 0. The maximum atomic E-state index is 13.2. The Kier molecular flexibility index (Phi) is 4.94. The fraction of sp³-hybridized carbons (Fsp3) is 0.462. The van der Waals surface area contributed by atoms with Crippen LogP contribution in [0.4, 0.5) is 10.1 Å².